The van der Waals surface area contributed by atoms with Crippen LogP contribution < -0.4 is 5.32 Å². The number of nitrogens with zero attached hydrogens (tertiary/aromatic N) is 2. The van der Waals surface area contributed by atoms with E-state index >= 15 is 0 Å². The quantitative estimate of drug-likeness (QED) is 0.769. The molecule has 2 aromatic rings. The van der Waals surface area contributed by atoms with Crippen LogP contribution in [0.25, 0.3) is 11.2 Å². The van der Waals surface area contributed by atoms with Crippen molar-refractivity contribution < 1.29 is 14.3 Å². The molecule has 1 unspecified atom stereocenters. The van der Waals surface area contributed by atoms with Gasteiger partial charge in [-0.05, 0) is 34.5 Å². The van der Waals surface area contributed by atoms with Crippen LogP contribution in [-0.2, 0) is 10.4 Å². The SMILES string of the molecule is O=C1CCC(O)(c2nc3nc(Br)ccc3o2)CN1. The van der Waals surface area contributed by atoms with Crippen molar-refractivity contribution in [3.63, 3.8) is 0 Å². The maximum absolute atomic E-state index is 11.1. The lowest BCUT2D eigenvalue weighted by Gasteiger charge is -2.28. The zero-order valence-electron chi connectivity index (χ0n) is 9.31. The van der Waals surface area contributed by atoms with E-state index < -0.39 is 5.60 Å². The number of fused-ring (bicyclic) bond motifs is 1. The fraction of sp³-hybridized carbons (Fsp3) is 0.364. The molecular formula is C11H10BrN3O3. The first kappa shape index (κ1) is 11.6. The molecule has 18 heavy (non-hydrogen) atoms. The predicted molar refractivity (Wildman–Crippen MR) is 65.6 cm³/mol. The van der Waals surface area contributed by atoms with Gasteiger partial charge < -0.3 is 14.8 Å². The van der Waals surface area contributed by atoms with Crippen molar-refractivity contribution in [2.45, 2.75) is 18.4 Å². The molecule has 0 radical (unpaired) electrons. The van der Waals surface area contributed by atoms with E-state index in [0.717, 1.165) is 0 Å². The minimum absolute atomic E-state index is 0.0725. The van der Waals surface area contributed by atoms with Gasteiger partial charge in [0.1, 0.15) is 4.60 Å². The van der Waals surface area contributed by atoms with Crippen LogP contribution in [0.15, 0.2) is 21.2 Å². The van der Waals surface area contributed by atoms with Crippen LogP contribution >= 0.6 is 15.9 Å². The molecule has 1 atom stereocenters. The Morgan fingerprint density at radius 3 is 3.00 bits per heavy atom. The van der Waals surface area contributed by atoms with E-state index in [-0.39, 0.29) is 24.8 Å². The van der Waals surface area contributed by atoms with Crippen molar-refractivity contribution in [3.8, 4) is 0 Å². The monoisotopic (exact) mass is 311 g/mol. The summed E-state index contributed by atoms with van der Waals surface area (Å²) < 4.78 is 6.16. The number of nitrogens with one attached hydrogen (secondary N) is 1. The summed E-state index contributed by atoms with van der Waals surface area (Å²) in [7, 11) is 0. The Morgan fingerprint density at radius 1 is 1.44 bits per heavy atom. The van der Waals surface area contributed by atoms with Crippen LogP contribution in [0.2, 0.25) is 0 Å². The average Bonchev–Trinajstić information content (AvgIpc) is 2.77. The van der Waals surface area contributed by atoms with E-state index in [9.17, 15) is 9.90 Å². The Labute approximate surface area is 111 Å². The van der Waals surface area contributed by atoms with E-state index in [2.05, 4.69) is 31.2 Å². The lowest BCUT2D eigenvalue weighted by atomic mass is 9.94. The van der Waals surface area contributed by atoms with Gasteiger partial charge in [0.25, 0.3) is 0 Å². The number of carbonyl (C=O) groups excluding carboxylic acids is 1. The number of aliphatic hydroxyl groups is 1. The summed E-state index contributed by atoms with van der Waals surface area (Å²) in [6.45, 7) is 0.111. The molecule has 3 heterocycles. The summed E-state index contributed by atoms with van der Waals surface area (Å²) in [5.74, 6) is 0.125. The lowest BCUT2D eigenvalue weighted by Crippen LogP contribution is -2.46. The van der Waals surface area contributed by atoms with Crippen LogP contribution in [0, 0.1) is 0 Å². The fourth-order valence-corrected chi connectivity index (χ4v) is 2.22. The number of halogens is 1. The van der Waals surface area contributed by atoms with Gasteiger partial charge in [0.15, 0.2) is 16.8 Å². The van der Waals surface area contributed by atoms with Gasteiger partial charge in [-0.1, -0.05) is 0 Å². The van der Waals surface area contributed by atoms with Crippen LogP contribution in [0.5, 0.6) is 0 Å². The fourth-order valence-electron chi connectivity index (χ4n) is 1.92. The van der Waals surface area contributed by atoms with Crippen molar-refractivity contribution in [1.82, 2.24) is 15.3 Å². The molecule has 1 aliphatic rings. The molecule has 1 fully saturated rings. The number of carbonyl (C=O) groups is 1. The molecule has 7 heteroatoms. The van der Waals surface area contributed by atoms with Gasteiger partial charge in [-0.15, -0.1) is 0 Å². The number of aromatic nitrogens is 2. The smallest absolute Gasteiger partial charge is 0.230 e. The standard InChI is InChI=1S/C11H10BrN3O3/c12-7-2-1-6-9(14-7)15-10(18-6)11(17)4-3-8(16)13-5-11/h1-2,17H,3-5H2,(H,13,16). The van der Waals surface area contributed by atoms with Crippen molar-refractivity contribution in [1.29, 1.82) is 0 Å². The molecular weight excluding hydrogens is 302 g/mol. The first-order chi connectivity index (χ1) is 8.57. The summed E-state index contributed by atoms with van der Waals surface area (Å²) in [5, 5.41) is 13.0. The highest BCUT2D eigenvalue weighted by atomic mass is 79.9. The first-order valence-electron chi connectivity index (χ1n) is 5.49. The Morgan fingerprint density at radius 2 is 2.28 bits per heavy atom. The summed E-state index contributed by atoms with van der Waals surface area (Å²) in [6, 6.07) is 3.47. The second kappa shape index (κ2) is 4.03. The van der Waals surface area contributed by atoms with Gasteiger partial charge >= 0.3 is 0 Å². The molecule has 1 amide bonds. The van der Waals surface area contributed by atoms with Crippen molar-refractivity contribution in [3.05, 3.63) is 22.6 Å². The highest BCUT2D eigenvalue weighted by Gasteiger charge is 2.38. The van der Waals surface area contributed by atoms with E-state index in [1.54, 1.807) is 12.1 Å². The van der Waals surface area contributed by atoms with E-state index in [0.29, 0.717) is 22.3 Å². The molecule has 0 aromatic carbocycles. The van der Waals surface area contributed by atoms with Gasteiger partial charge in [0.2, 0.25) is 11.8 Å². The number of piperidine rings is 1. The zero-order valence-corrected chi connectivity index (χ0v) is 10.9. The normalized spacial score (nSPS) is 24.2. The molecule has 1 aliphatic heterocycles. The van der Waals surface area contributed by atoms with Crippen LogP contribution in [0.3, 0.4) is 0 Å². The summed E-state index contributed by atoms with van der Waals surface area (Å²) in [4.78, 5) is 19.4. The van der Waals surface area contributed by atoms with Gasteiger partial charge in [-0.3, -0.25) is 4.79 Å². The third-order valence-corrected chi connectivity index (χ3v) is 3.40. The van der Waals surface area contributed by atoms with Crippen molar-refractivity contribution >= 4 is 33.1 Å². The molecule has 3 rings (SSSR count). The molecule has 0 aliphatic carbocycles. The number of hydrogen-bond donors (Lipinski definition) is 2. The van der Waals surface area contributed by atoms with Crippen LogP contribution in [0.4, 0.5) is 0 Å². The Hall–Kier alpha value is -1.47. The third-order valence-electron chi connectivity index (χ3n) is 2.96. The van der Waals surface area contributed by atoms with E-state index in [1.807, 2.05) is 0 Å². The zero-order chi connectivity index (χ0) is 12.8. The molecule has 2 aromatic heterocycles. The summed E-state index contributed by atoms with van der Waals surface area (Å²) in [5.41, 5.74) is -0.301. The molecule has 2 N–H and O–H groups in total. The molecule has 6 nitrogen and oxygen atoms in total. The van der Waals surface area contributed by atoms with E-state index in [4.69, 9.17) is 4.42 Å². The molecule has 0 saturated carbocycles. The number of β-amino-alcohol motifs (C(OH)–C–C–N with tert-alkyl or cyclic N) is 1. The molecule has 94 valence electrons. The molecule has 0 spiro atoms. The Bertz CT molecular complexity index is 615. The maximum Gasteiger partial charge on any atom is 0.230 e. The van der Waals surface area contributed by atoms with Gasteiger partial charge in [-0.2, -0.15) is 4.98 Å². The lowest BCUT2D eigenvalue weighted by molar-refractivity contribution is -0.128. The molecule has 1 saturated heterocycles. The number of amides is 1. The van der Waals surface area contributed by atoms with Gasteiger partial charge in [0.05, 0.1) is 6.54 Å². The third kappa shape index (κ3) is 1.89. The predicted octanol–water partition coefficient (Wildman–Crippen LogP) is 1.08. The van der Waals surface area contributed by atoms with Crippen molar-refractivity contribution in [2.24, 2.45) is 0 Å². The Kier molecular flexibility index (Phi) is 2.60. The maximum atomic E-state index is 11.1. The Balaban J connectivity index is 2.01. The van der Waals surface area contributed by atoms with Gasteiger partial charge in [-0.25, -0.2) is 4.98 Å². The topological polar surface area (TPSA) is 88.2 Å². The largest absolute Gasteiger partial charge is 0.436 e. The number of hydrogen-bond acceptors (Lipinski definition) is 5. The summed E-state index contributed by atoms with van der Waals surface area (Å²) in [6.07, 6.45) is 0.555. The van der Waals surface area contributed by atoms with Crippen LogP contribution in [0.1, 0.15) is 18.7 Å². The number of pyridine rings is 1. The van der Waals surface area contributed by atoms with Gasteiger partial charge in [0, 0.05) is 6.42 Å². The van der Waals surface area contributed by atoms with Crippen LogP contribution in [-0.4, -0.2) is 27.5 Å². The molecule has 0 bridgehead atoms. The second-order valence-electron chi connectivity index (χ2n) is 4.28. The van der Waals surface area contributed by atoms with Crippen molar-refractivity contribution in [2.75, 3.05) is 6.54 Å². The second-order valence-corrected chi connectivity index (χ2v) is 5.10. The minimum atomic E-state index is -1.25. The number of rotatable bonds is 1. The minimum Gasteiger partial charge on any atom is -0.436 e. The highest BCUT2D eigenvalue weighted by molar-refractivity contribution is 9.10. The summed E-state index contributed by atoms with van der Waals surface area (Å²) >= 11 is 3.25. The first-order valence-corrected chi connectivity index (χ1v) is 6.29. The number of oxazole rings is 1. The van der Waals surface area contributed by atoms with E-state index in [1.165, 1.54) is 0 Å². The highest BCUT2D eigenvalue weighted by Crippen LogP contribution is 2.30. The average molecular weight is 312 g/mol.